The molecule has 0 unspecified atom stereocenters. The summed E-state index contributed by atoms with van der Waals surface area (Å²) in [4.78, 5) is 17.0. The van der Waals surface area contributed by atoms with E-state index in [-0.39, 0.29) is 5.91 Å². The van der Waals surface area contributed by atoms with Gasteiger partial charge in [-0.2, -0.15) is 4.80 Å². The molecule has 0 atom stereocenters. The summed E-state index contributed by atoms with van der Waals surface area (Å²) in [6.07, 6.45) is 0. The lowest BCUT2D eigenvalue weighted by atomic mass is 10.1. The molecule has 1 aromatic heterocycles. The molecule has 9 heteroatoms. The predicted molar refractivity (Wildman–Crippen MR) is 144 cm³/mol. The Morgan fingerprint density at radius 3 is 2.29 bits per heavy atom. The van der Waals surface area contributed by atoms with Crippen molar-refractivity contribution >= 4 is 60.2 Å². The molecular weight excluding hydrogens is 562 g/mol. The minimum Gasteiger partial charge on any atom is -0.495 e. The summed E-state index contributed by atoms with van der Waals surface area (Å²) in [7, 11) is 1.54. The first-order chi connectivity index (χ1) is 16.3. The van der Waals surface area contributed by atoms with Gasteiger partial charge in [0.1, 0.15) is 16.8 Å². The van der Waals surface area contributed by atoms with E-state index in [1.807, 2.05) is 37.3 Å². The SMILES string of the molecule is CCN(CC)c1ccc(-n2nc3cc(C)c(NC(=O)c4cc(Br)cc(Br)c4OC)cc3n2)cc1. The van der Waals surface area contributed by atoms with Crippen molar-refractivity contribution in [2.24, 2.45) is 0 Å². The van der Waals surface area contributed by atoms with Crippen molar-refractivity contribution in [2.45, 2.75) is 20.8 Å². The van der Waals surface area contributed by atoms with Crippen LogP contribution in [0.5, 0.6) is 5.75 Å². The summed E-state index contributed by atoms with van der Waals surface area (Å²) in [6, 6.07) is 15.5. The first kappa shape index (κ1) is 24.2. The summed E-state index contributed by atoms with van der Waals surface area (Å²) in [6.45, 7) is 8.13. The number of amides is 1. The number of ether oxygens (including phenoxy) is 1. The highest BCUT2D eigenvalue weighted by molar-refractivity contribution is 9.11. The van der Waals surface area contributed by atoms with E-state index in [0.29, 0.717) is 27.0 Å². The fraction of sp³-hybridized carbons (Fsp3) is 0.240. The van der Waals surface area contributed by atoms with Gasteiger partial charge in [0, 0.05) is 28.9 Å². The van der Waals surface area contributed by atoms with E-state index in [2.05, 4.69) is 78.3 Å². The molecule has 176 valence electrons. The molecule has 4 aromatic rings. The van der Waals surface area contributed by atoms with Crippen molar-refractivity contribution in [1.29, 1.82) is 0 Å². The number of carbonyl (C=O) groups excluding carboxylic acids is 1. The summed E-state index contributed by atoms with van der Waals surface area (Å²) in [5.74, 6) is 0.194. The second kappa shape index (κ2) is 10.1. The molecule has 0 bridgehead atoms. The van der Waals surface area contributed by atoms with Crippen molar-refractivity contribution in [2.75, 3.05) is 30.4 Å². The molecule has 4 rings (SSSR count). The molecular formula is C25H25Br2N5O2. The molecule has 34 heavy (non-hydrogen) atoms. The maximum atomic E-state index is 13.1. The number of carbonyl (C=O) groups is 1. The zero-order valence-corrected chi connectivity index (χ0v) is 22.6. The first-order valence-electron chi connectivity index (χ1n) is 10.9. The van der Waals surface area contributed by atoms with Gasteiger partial charge in [0.15, 0.2) is 0 Å². The van der Waals surface area contributed by atoms with E-state index in [4.69, 9.17) is 4.74 Å². The number of anilines is 2. The van der Waals surface area contributed by atoms with E-state index in [1.54, 1.807) is 10.9 Å². The van der Waals surface area contributed by atoms with Gasteiger partial charge in [0.25, 0.3) is 5.91 Å². The van der Waals surface area contributed by atoms with Crippen LogP contribution in [0, 0.1) is 6.92 Å². The highest BCUT2D eigenvalue weighted by atomic mass is 79.9. The Labute approximate surface area is 215 Å². The largest absolute Gasteiger partial charge is 0.495 e. The quantitative estimate of drug-likeness (QED) is 0.273. The molecule has 1 amide bonds. The zero-order chi connectivity index (χ0) is 24.4. The first-order valence-corrected chi connectivity index (χ1v) is 12.5. The number of nitrogens with one attached hydrogen (secondary N) is 1. The van der Waals surface area contributed by atoms with Gasteiger partial charge >= 0.3 is 0 Å². The Morgan fingerprint density at radius 1 is 1.03 bits per heavy atom. The fourth-order valence-electron chi connectivity index (χ4n) is 3.83. The lowest BCUT2D eigenvalue weighted by Gasteiger charge is -2.20. The Balaban J connectivity index is 1.63. The summed E-state index contributed by atoms with van der Waals surface area (Å²) in [5.41, 5.74) is 5.46. The molecule has 0 radical (unpaired) electrons. The van der Waals surface area contributed by atoms with Crippen LogP contribution in [0.1, 0.15) is 29.8 Å². The van der Waals surface area contributed by atoms with Gasteiger partial charge < -0.3 is 15.0 Å². The summed E-state index contributed by atoms with van der Waals surface area (Å²) < 4.78 is 6.89. The van der Waals surface area contributed by atoms with E-state index < -0.39 is 0 Å². The second-order valence-corrected chi connectivity index (χ2v) is 9.53. The van der Waals surface area contributed by atoms with Crippen LogP contribution in [0.25, 0.3) is 16.7 Å². The van der Waals surface area contributed by atoms with Crippen molar-refractivity contribution in [3.63, 3.8) is 0 Å². The lowest BCUT2D eigenvalue weighted by molar-refractivity contribution is 0.102. The van der Waals surface area contributed by atoms with E-state index >= 15 is 0 Å². The van der Waals surface area contributed by atoms with Crippen LogP contribution < -0.4 is 15.0 Å². The average molecular weight is 587 g/mol. The standard InChI is InChI=1S/C25H25Br2N5O2/c1-5-31(6-2)17-7-9-18(10-8-17)32-29-22-11-15(3)21(14-23(22)30-32)28-25(33)19-12-16(26)13-20(27)24(19)34-4/h7-14H,5-6H2,1-4H3,(H,28,33). The van der Waals surface area contributed by atoms with Crippen molar-refractivity contribution in [1.82, 2.24) is 15.0 Å². The third-order valence-corrected chi connectivity index (χ3v) is 6.69. The minimum atomic E-state index is -0.277. The Kier molecular flexibility index (Phi) is 7.23. The number of aromatic nitrogens is 3. The number of benzene rings is 3. The molecule has 1 N–H and O–H groups in total. The lowest BCUT2D eigenvalue weighted by Crippen LogP contribution is -2.21. The highest BCUT2D eigenvalue weighted by Gasteiger charge is 2.18. The molecule has 3 aromatic carbocycles. The molecule has 0 saturated carbocycles. The van der Waals surface area contributed by atoms with Gasteiger partial charge in [0.2, 0.25) is 0 Å². The molecule has 0 aliphatic heterocycles. The van der Waals surface area contributed by atoms with Crippen LogP contribution >= 0.6 is 31.9 Å². The summed E-state index contributed by atoms with van der Waals surface area (Å²) in [5, 5.41) is 12.3. The van der Waals surface area contributed by atoms with Gasteiger partial charge in [-0.1, -0.05) is 15.9 Å². The minimum absolute atomic E-state index is 0.277. The number of hydrogen-bond donors (Lipinski definition) is 1. The van der Waals surface area contributed by atoms with Gasteiger partial charge in [-0.15, -0.1) is 10.2 Å². The Bertz CT molecular complexity index is 1350. The van der Waals surface area contributed by atoms with Gasteiger partial charge in [-0.05, 0) is 90.8 Å². The third-order valence-electron chi connectivity index (χ3n) is 5.64. The van der Waals surface area contributed by atoms with Gasteiger partial charge in [-0.25, -0.2) is 0 Å². The highest BCUT2D eigenvalue weighted by Crippen LogP contribution is 2.33. The zero-order valence-electron chi connectivity index (χ0n) is 19.4. The predicted octanol–water partition coefficient (Wildman–Crippen LogP) is 6.36. The van der Waals surface area contributed by atoms with Crippen LogP contribution in [0.3, 0.4) is 0 Å². The van der Waals surface area contributed by atoms with E-state index in [9.17, 15) is 4.79 Å². The number of hydrogen-bond acceptors (Lipinski definition) is 5. The Hall–Kier alpha value is -2.91. The number of aryl methyl sites for hydroxylation is 1. The van der Waals surface area contributed by atoms with Crippen LogP contribution in [-0.4, -0.2) is 41.1 Å². The van der Waals surface area contributed by atoms with E-state index in [1.165, 1.54) is 12.8 Å². The monoisotopic (exact) mass is 585 g/mol. The van der Waals surface area contributed by atoms with E-state index in [0.717, 1.165) is 34.3 Å². The Morgan fingerprint density at radius 2 is 1.68 bits per heavy atom. The molecule has 1 heterocycles. The molecule has 0 fully saturated rings. The third kappa shape index (κ3) is 4.81. The number of rotatable bonds is 7. The number of methoxy groups -OCH3 is 1. The smallest absolute Gasteiger partial charge is 0.259 e. The van der Waals surface area contributed by atoms with Crippen LogP contribution in [0.4, 0.5) is 11.4 Å². The van der Waals surface area contributed by atoms with Crippen LogP contribution in [0.2, 0.25) is 0 Å². The fourth-order valence-corrected chi connectivity index (χ4v) is 5.22. The molecule has 0 saturated heterocycles. The van der Waals surface area contributed by atoms with Crippen LogP contribution in [0.15, 0.2) is 57.5 Å². The topological polar surface area (TPSA) is 72.3 Å². The molecule has 0 aliphatic rings. The average Bonchev–Trinajstić information content (AvgIpc) is 3.22. The maximum absolute atomic E-state index is 13.1. The van der Waals surface area contributed by atoms with Gasteiger partial charge in [-0.3, -0.25) is 4.79 Å². The van der Waals surface area contributed by atoms with Crippen LogP contribution in [-0.2, 0) is 0 Å². The van der Waals surface area contributed by atoms with Gasteiger partial charge in [0.05, 0.1) is 22.8 Å². The number of nitrogens with zero attached hydrogens (tertiary/aromatic N) is 4. The molecule has 7 nitrogen and oxygen atoms in total. The summed E-state index contributed by atoms with van der Waals surface area (Å²) >= 11 is 6.88. The normalized spacial score (nSPS) is 11.0. The molecule has 0 spiro atoms. The molecule has 0 aliphatic carbocycles. The number of fused-ring (bicyclic) bond motifs is 1. The number of halogens is 2. The second-order valence-electron chi connectivity index (χ2n) is 7.76. The maximum Gasteiger partial charge on any atom is 0.259 e. The van der Waals surface area contributed by atoms with Crippen molar-refractivity contribution < 1.29 is 9.53 Å². The van der Waals surface area contributed by atoms with Crippen molar-refractivity contribution in [3.05, 3.63) is 68.6 Å². The van der Waals surface area contributed by atoms with Crippen molar-refractivity contribution in [3.8, 4) is 11.4 Å².